The van der Waals surface area contributed by atoms with E-state index < -0.39 is 37.3 Å². The maximum Gasteiger partial charge on any atom is 0.186 e. The first-order valence-corrected chi connectivity index (χ1v) is 8.56. The van der Waals surface area contributed by atoms with Gasteiger partial charge in [0.1, 0.15) is 30.1 Å². The maximum atomic E-state index is 9.84. The maximum absolute atomic E-state index is 9.84. The molecule has 0 saturated carbocycles. The summed E-state index contributed by atoms with van der Waals surface area (Å²) in [5.74, 6) is 0. The molecule has 6 N–H and O–H groups in total. The SMILES string of the molecule is C[C@H](N)Cn1cc(COCCCOC2OC(CO)C(O)C(O)C2O)nn1. The first kappa shape index (κ1) is 21.1. The minimum Gasteiger partial charge on any atom is -0.394 e. The second-order valence-corrected chi connectivity index (χ2v) is 6.38. The van der Waals surface area contributed by atoms with Crippen LogP contribution in [0.5, 0.6) is 0 Å². The van der Waals surface area contributed by atoms with Crippen LogP contribution in [0.3, 0.4) is 0 Å². The van der Waals surface area contributed by atoms with E-state index in [4.69, 9.17) is 25.1 Å². The average molecular weight is 376 g/mol. The molecular weight excluding hydrogens is 348 g/mol. The van der Waals surface area contributed by atoms with Gasteiger partial charge in [0.25, 0.3) is 0 Å². The van der Waals surface area contributed by atoms with Gasteiger partial charge in [-0.25, -0.2) is 0 Å². The zero-order chi connectivity index (χ0) is 19.1. The molecule has 11 nitrogen and oxygen atoms in total. The molecule has 1 aromatic heterocycles. The Morgan fingerprint density at radius 3 is 2.73 bits per heavy atom. The number of ether oxygens (including phenoxy) is 3. The van der Waals surface area contributed by atoms with Crippen molar-refractivity contribution in [2.75, 3.05) is 19.8 Å². The highest BCUT2D eigenvalue weighted by atomic mass is 16.7. The Kier molecular flexibility index (Phi) is 8.31. The Balaban J connectivity index is 1.62. The van der Waals surface area contributed by atoms with Crippen LogP contribution in [-0.2, 0) is 27.4 Å². The summed E-state index contributed by atoms with van der Waals surface area (Å²) in [5, 5.41) is 46.2. The topological polar surface area (TPSA) is 165 Å². The minimum absolute atomic E-state index is 0.00923. The Labute approximate surface area is 151 Å². The molecule has 26 heavy (non-hydrogen) atoms. The van der Waals surface area contributed by atoms with Gasteiger partial charge in [-0.3, -0.25) is 4.68 Å². The van der Waals surface area contributed by atoms with Gasteiger partial charge in [-0.1, -0.05) is 5.21 Å². The first-order chi connectivity index (χ1) is 12.4. The van der Waals surface area contributed by atoms with E-state index in [1.807, 2.05) is 6.92 Å². The van der Waals surface area contributed by atoms with Crippen LogP contribution in [0, 0.1) is 0 Å². The van der Waals surface area contributed by atoms with Gasteiger partial charge < -0.3 is 40.4 Å². The highest BCUT2D eigenvalue weighted by molar-refractivity contribution is 4.90. The summed E-state index contributed by atoms with van der Waals surface area (Å²) in [6.07, 6.45) is -4.04. The van der Waals surface area contributed by atoms with Crippen molar-refractivity contribution in [3.05, 3.63) is 11.9 Å². The lowest BCUT2D eigenvalue weighted by molar-refractivity contribution is -0.301. The predicted molar refractivity (Wildman–Crippen MR) is 87.7 cm³/mol. The fraction of sp³-hybridized carbons (Fsp3) is 0.867. The number of hydrogen-bond acceptors (Lipinski definition) is 10. The van der Waals surface area contributed by atoms with Gasteiger partial charge in [-0.05, 0) is 13.3 Å². The zero-order valence-corrected chi connectivity index (χ0v) is 14.7. The van der Waals surface area contributed by atoms with Crippen LogP contribution in [0.15, 0.2) is 6.20 Å². The number of aliphatic hydroxyl groups excluding tert-OH is 4. The molecule has 2 heterocycles. The van der Waals surface area contributed by atoms with Crippen molar-refractivity contribution < 1.29 is 34.6 Å². The molecule has 5 unspecified atom stereocenters. The molecule has 0 spiro atoms. The summed E-state index contributed by atoms with van der Waals surface area (Å²) in [7, 11) is 0. The van der Waals surface area contributed by atoms with Crippen molar-refractivity contribution in [1.29, 1.82) is 0 Å². The summed E-state index contributed by atoms with van der Waals surface area (Å²) >= 11 is 0. The van der Waals surface area contributed by atoms with Crippen LogP contribution in [0.25, 0.3) is 0 Å². The van der Waals surface area contributed by atoms with Gasteiger partial charge in [-0.2, -0.15) is 0 Å². The summed E-state index contributed by atoms with van der Waals surface area (Å²) in [5.41, 5.74) is 6.38. The summed E-state index contributed by atoms with van der Waals surface area (Å²) in [6, 6.07) is -0.00923. The Morgan fingerprint density at radius 1 is 1.27 bits per heavy atom. The fourth-order valence-electron chi connectivity index (χ4n) is 2.53. The van der Waals surface area contributed by atoms with E-state index in [-0.39, 0.29) is 12.6 Å². The van der Waals surface area contributed by atoms with E-state index in [1.54, 1.807) is 10.9 Å². The number of nitrogens with zero attached hydrogens (tertiary/aromatic N) is 3. The van der Waals surface area contributed by atoms with Crippen LogP contribution in [0.1, 0.15) is 19.0 Å². The van der Waals surface area contributed by atoms with E-state index in [0.29, 0.717) is 31.9 Å². The Hall–Kier alpha value is -1.18. The first-order valence-electron chi connectivity index (χ1n) is 8.56. The van der Waals surface area contributed by atoms with Crippen molar-refractivity contribution in [3.63, 3.8) is 0 Å². The van der Waals surface area contributed by atoms with E-state index in [1.165, 1.54) is 0 Å². The Morgan fingerprint density at radius 2 is 2.04 bits per heavy atom. The van der Waals surface area contributed by atoms with E-state index in [2.05, 4.69) is 10.3 Å². The van der Waals surface area contributed by atoms with Gasteiger partial charge in [0, 0.05) is 12.6 Å². The Bertz CT molecular complexity index is 528. The number of rotatable bonds is 10. The van der Waals surface area contributed by atoms with Crippen molar-refractivity contribution in [3.8, 4) is 0 Å². The van der Waals surface area contributed by atoms with Crippen LogP contribution < -0.4 is 5.73 Å². The molecule has 0 aliphatic carbocycles. The highest BCUT2D eigenvalue weighted by Crippen LogP contribution is 2.21. The van der Waals surface area contributed by atoms with Gasteiger partial charge >= 0.3 is 0 Å². The molecular formula is C15H28N4O7. The van der Waals surface area contributed by atoms with Crippen LogP contribution in [0.4, 0.5) is 0 Å². The molecule has 1 aliphatic heterocycles. The lowest BCUT2D eigenvalue weighted by Gasteiger charge is -2.39. The lowest BCUT2D eigenvalue weighted by Crippen LogP contribution is -2.59. The molecule has 1 saturated heterocycles. The third-order valence-electron chi connectivity index (χ3n) is 3.87. The average Bonchev–Trinajstić information content (AvgIpc) is 3.04. The molecule has 0 amide bonds. The number of aliphatic hydroxyl groups is 4. The molecule has 1 aliphatic rings. The monoisotopic (exact) mass is 376 g/mol. The van der Waals surface area contributed by atoms with Gasteiger partial charge in [-0.15, -0.1) is 5.10 Å². The molecule has 1 fully saturated rings. The molecule has 1 aromatic rings. The second-order valence-electron chi connectivity index (χ2n) is 6.38. The lowest BCUT2D eigenvalue weighted by atomic mass is 9.99. The summed E-state index contributed by atoms with van der Waals surface area (Å²) in [6.45, 7) is 2.88. The van der Waals surface area contributed by atoms with Crippen molar-refractivity contribution in [2.45, 2.75) is 63.2 Å². The highest BCUT2D eigenvalue weighted by Gasteiger charge is 2.43. The van der Waals surface area contributed by atoms with Gasteiger partial charge in [0.2, 0.25) is 0 Å². The number of aromatic nitrogens is 3. The molecule has 0 radical (unpaired) electrons. The third kappa shape index (κ3) is 5.93. The quantitative estimate of drug-likeness (QED) is 0.272. The standard InChI is InChI=1S/C15H28N4O7/c1-9(16)5-19-6-10(17-18-19)8-24-3-2-4-25-15-14(23)13(22)12(21)11(7-20)26-15/h6,9,11-15,20-23H,2-5,7-8,16H2,1H3/t9-,11?,12?,13?,14?,15?/m0/s1. The van der Waals surface area contributed by atoms with Crippen molar-refractivity contribution >= 4 is 0 Å². The predicted octanol–water partition coefficient (Wildman–Crippen LogP) is -2.65. The van der Waals surface area contributed by atoms with Crippen LogP contribution in [0.2, 0.25) is 0 Å². The van der Waals surface area contributed by atoms with E-state index in [0.717, 1.165) is 0 Å². The minimum atomic E-state index is -1.44. The van der Waals surface area contributed by atoms with Crippen LogP contribution >= 0.6 is 0 Å². The van der Waals surface area contributed by atoms with E-state index in [9.17, 15) is 15.3 Å². The van der Waals surface area contributed by atoms with Crippen LogP contribution in [-0.4, -0.2) is 92.0 Å². The number of nitrogens with two attached hydrogens (primary N) is 1. The molecule has 11 heteroatoms. The molecule has 0 aromatic carbocycles. The smallest absolute Gasteiger partial charge is 0.186 e. The molecule has 6 atom stereocenters. The largest absolute Gasteiger partial charge is 0.394 e. The molecule has 2 rings (SSSR count). The van der Waals surface area contributed by atoms with Crippen molar-refractivity contribution in [1.82, 2.24) is 15.0 Å². The van der Waals surface area contributed by atoms with Gasteiger partial charge in [0.05, 0.1) is 32.6 Å². The molecule has 150 valence electrons. The number of hydrogen-bond donors (Lipinski definition) is 5. The van der Waals surface area contributed by atoms with Gasteiger partial charge in [0.15, 0.2) is 6.29 Å². The third-order valence-corrected chi connectivity index (χ3v) is 3.87. The van der Waals surface area contributed by atoms with Crippen molar-refractivity contribution in [2.24, 2.45) is 5.73 Å². The normalized spacial score (nSPS) is 30.5. The second kappa shape index (κ2) is 10.2. The molecule has 0 bridgehead atoms. The zero-order valence-electron chi connectivity index (χ0n) is 14.7. The fourth-order valence-corrected chi connectivity index (χ4v) is 2.53. The summed E-state index contributed by atoms with van der Waals surface area (Å²) < 4.78 is 17.7. The van der Waals surface area contributed by atoms with E-state index >= 15 is 0 Å². The summed E-state index contributed by atoms with van der Waals surface area (Å²) in [4.78, 5) is 0.